The lowest BCUT2D eigenvalue weighted by Crippen LogP contribution is -1.96. The Morgan fingerprint density at radius 1 is 1.36 bits per heavy atom. The van der Waals surface area contributed by atoms with Crippen LogP contribution in [0.4, 0.5) is 0 Å². The Balaban J connectivity index is 2.40. The number of nitrogens with zero attached hydrogens (tertiary/aromatic N) is 4. The molecule has 0 amide bonds. The second-order valence-electron chi connectivity index (χ2n) is 2.62. The number of rotatable bonds is 1. The largest absolute Gasteiger partial charge is 0.236 e. The molecule has 5 heteroatoms. The molecular formula is C9H5ClN4. The molecule has 0 fully saturated rings. The summed E-state index contributed by atoms with van der Waals surface area (Å²) in [6, 6.07) is 5.44. The van der Waals surface area contributed by atoms with Gasteiger partial charge in [0.1, 0.15) is 6.07 Å². The van der Waals surface area contributed by atoms with Crippen molar-refractivity contribution in [2.75, 3.05) is 0 Å². The fourth-order valence-electron chi connectivity index (χ4n) is 1.01. The van der Waals surface area contributed by atoms with E-state index in [0.29, 0.717) is 16.4 Å². The van der Waals surface area contributed by atoms with Gasteiger partial charge in [0.05, 0.1) is 23.0 Å². The van der Waals surface area contributed by atoms with E-state index in [2.05, 4.69) is 10.1 Å². The zero-order chi connectivity index (χ0) is 9.97. The van der Waals surface area contributed by atoms with E-state index in [1.807, 2.05) is 6.07 Å². The van der Waals surface area contributed by atoms with Crippen LogP contribution in [0.5, 0.6) is 0 Å². The highest BCUT2D eigenvalue weighted by molar-refractivity contribution is 6.30. The van der Waals surface area contributed by atoms with Crippen LogP contribution in [0.15, 0.2) is 30.7 Å². The molecule has 0 unspecified atom stereocenters. The van der Waals surface area contributed by atoms with Crippen LogP contribution < -0.4 is 0 Å². The van der Waals surface area contributed by atoms with E-state index >= 15 is 0 Å². The van der Waals surface area contributed by atoms with Gasteiger partial charge in [-0.3, -0.25) is 0 Å². The van der Waals surface area contributed by atoms with Crippen LogP contribution in [0.25, 0.3) is 5.82 Å². The monoisotopic (exact) mass is 204 g/mol. The SMILES string of the molecule is N#Cc1cnn(-c2ccc(Cl)cn2)c1. The summed E-state index contributed by atoms with van der Waals surface area (Å²) in [5.74, 6) is 0.635. The third-order valence-corrected chi connectivity index (χ3v) is 1.88. The summed E-state index contributed by atoms with van der Waals surface area (Å²) in [6.45, 7) is 0. The molecule has 0 N–H and O–H groups in total. The van der Waals surface area contributed by atoms with Crippen LogP contribution in [0.1, 0.15) is 5.56 Å². The Labute approximate surface area is 85.4 Å². The third-order valence-electron chi connectivity index (χ3n) is 1.66. The highest BCUT2D eigenvalue weighted by atomic mass is 35.5. The van der Waals surface area contributed by atoms with E-state index < -0.39 is 0 Å². The number of aromatic nitrogens is 3. The topological polar surface area (TPSA) is 54.5 Å². The Morgan fingerprint density at radius 2 is 2.21 bits per heavy atom. The fraction of sp³-hybridized carbons (Fsp3) is 0. The molecule has 0 aliphatic heterocycles. The number of hydrogen-bond donors (Lipinski definition) is 0. The average molecular weight is 205 g/mol. The van der Waals surface area contributed by atoms with Gasteiger partial charge in [-0.2, -0.15) is 10.4 Å². The van der Waals surface area contributed by atoms with Crippen molar-refractivity contribution >= 4 is 11.6 Å². The molecular weight excluding hydrogens is 200 g/mol. The zero-order valence-electron chi connectivity index (χ0n) is 7.05. The van der Waals surface area contributed by atoms with Gasteiger partial charge >= 0.3 is 0 Å². The van der Waals surface area contributed by atoms with Gasteiger partial charge in [0, 0.05) is 6.20 Å². The number of halogens is 1. The molecule has 0 atom stereocenters. The lowest BCUT2D eigenvalue weighted by molar-refractivity contribution is 0.847. The van der Waals surface area contributed by atoms with Crippen molar-refractivity contribution in [2.24, 2.45) is 0 Å². The number of nitriles is 1. The summed E-state index contributed by atoms with van der Waals surface area (Å²) in [7, 11) is 0. The molecule has 0 bridgehead atoms. The molecule has 0 radical (unpaired) electrons. The van der Waals surface area contributed by atoms with Crippen molar-refractivity contribution < 1.29 is 0 Å². The minimum atomic E-state index is 0.502. The first-order chi connectivity index (χ1) is 6.79. The molecule has 0 aromatic carbocycles. The Kier molecular flexibility index (Phi) is 2.17. The van der Waals surface area contributed by atoms with Gasteiger partial charge in [-0.25, -0.2) is 9.67 Å². The van der Waals surface area contributed by atoms with Crippen LogP contribution in [0, 0.1) is 11.3 Å². The smallest absolute Gasteiger partial charge is 0.153 e. The molecule has 2 rings (SSSR count). The maximum Gasteiger partial charge on any atom is 0.153 e. The third kappa shape index (κ3) is 1.58. The Hall–Kier alpha value is -1.86. The standard InChI is InChI=1S/C9H5ClN4/c10-8-1-2-9(12-5-8)14-6-7(3-11)4-13-14/h1-2,4-6H. The average Bonchev–Trinajstić information content (AvgIpc) is 2.67. The van der Waals surface area contributed by atoms with Crippen molar-refractivity contribution in [3.8, 4) is 11.9 Å². The zero-order valence-corrected chi connectivity index (χ0v) is 7.81. The van der Waals surface area contributed by atoms with Crippen molar-refractivity contribution in [1.82, 2.24) is 14.8 Å². The molecule has 0 saturated carbocycles. The molecule has 2 aromatic rings. The van der Waals surface area contributed by atoms with E-state index in [-0.39, 0.29) is 0 Å². The minimum absolute atomic E-state index is 0.502. The molecule has 68 valence electrons. The fourth-order valence-corrected chi connectivity index (χ4v) is 1.12. The second kappa shape index (κ2) is 3.48. The van der Waals surface area contributed by atoms with E-state index in [4.69, 9.17) is 16.9 Å². The molecule has 0 aliphatic carbocycles. The van der Waals surface area contributed by atoms with Crippen molar-refractivity contribution in [2.45, 2.75) is 0 Å². The van der Waals surface area contributed by atoms with Crippen LogP contribution >= 0.6 is 11.6 Å². The van der Waals surface area contributed by atoms with E-state index in [0.717, 1.165) is 0 Å². The molecule has 0 aliphatic rings. The maximum absolute atomic E-state index is 8.60. The summed E-state index contributed by atoms with van der Waals surface area (Å²) in [5, 5.41) is 13.1. The predicted molar refractivity (Wildman–Crippen MR) is 51.1 cm³/mol. The number of pyridine rings is 1. The lowest BCUT2D eigenvalue weighted by atomic mass is 10.4. The van der Waals surface area contributed by atoms with Gasteiger partial charge in [0.2, 0.25) is 0 Å². The normalized spacial score (nSPS) is 9.71. The number of hydrogen-bond acceptors (Lipinski definition) is 3. The highest BCUT2D eigenvalue weighted by Gasteiger charge is 2.00. The molecule has 0 saturated heterocycles. The van der Waals surface area contributed by atoms with Crippen LogP contribution in [0.3, 0.4) is 0 Å². The summed E-state index contributed by atoms with van der Waals surface area (Å²) in [6.07, 6.45) is 4.62. The quantitative estimate of drug-likeness (QED) is 0.712. The molecule has 2 aromatic heterocycles. The van der Waals surface area contributed by atoms with Gasteiger partial charge in [0.25, 0.3) is 0 Å². The van der Waals surface area contributed by atoms with E-state index in [1.54, 1.807) is 18.3 Å². The van der Waals surface area contributed by atoms with Gasteiger partial charge in [-0.15, -0.1) is 0 Å². The molecule has 0 spiro atoms. The van der Waals surface area contributed by atoms with Gasteiger partial charge in [-0.05, 0) is 12.1 Å². The summed E-state index contributed by atoms with van der Waals surface area (Å²) in [4.78, 5) is 4.06. The molecule has 4 nitrogen and oxygen atoms in total. The molecule has 14 heavy (non-hydrogen) atoms. The van der Waals surface area contributed by atoms with Crippen LogP contribution in [-0.2, 0) is 0 Å². The predicted octanol–water partition coefficient (Wildman–Crippen LogP) is 1.79. The van der Waals surface area contributed by atoms with Crippen molar-refractivity contribution in [1.29, 1.82) is 5.26 Å². The van der Waals surface area contributed by atoms with Gasteiger partial charge in [-0.1, -0.05) is 11.6 Å². The first-order valence-electron chi connectivity index (χ1n) is 3.86. The Morgan fingerprint density at radius 3 is 2.79 bits per heavy atom. The van der Waals surface area contributed by atoms with Crippen molar-refractivity contribution in [3.63, 3.8) is 0 Å². The molecule has 2 heterocycles. The highest BCUT2D eigenvalue weighted by Crippen LogP contribution is 2.09. The first kappa shape index (κ1) is 8.73. The van der Waals surface area contributed by atoms with Crippen LogP contribution in [-0.4, -0.2) is 14.8 Å². The first-order valence-corrected chi connectivity index (χ1v) is 4.24. The summed E-state index contributed by atoms with van der Waals surface area (Å²) >= 11 is 5.69. The maximum atomic E-state index is 8.60. The van der Waals surface area contributed by atoms with Gasteiger partial charge in [0.15, 0.2) is 5.82 Å². The van der Waals surface area contributed by atoms with E-state index in [9.17, 15) is 0 Å². The van der Waals surface area contributed by atoms with Gasteiger partial charge < -0.3 is 0 Å². The van der Waals surface area contributed by atoms with Crippen LogP contribution in [0.2, 0.25) is 5.02 Å². The summed E-state index contributed by atoms with van der Waals surface area (Å²) < 4.78 is 1.52. The Bertz CT molecular complexity index is 480. The summed E-state index contributed by atoms with van der Waals surface area (Å²) in [5.41, 5.74) is 0.502. The van der Waals surface area contributed by atoms with E-state index in [1.165, 1.54) is 17.1 Å². The van der Waals surface area contributed by atoms with Crippen molar-refractivity contribution in [3.05, 3.63) is 41.3 Å². The minimum Gasteiger partial charge on any atom is -0.236 e. The second-order valence-corrected chi connectivity index (χ2v) is 3.06. The lowest BCUT2D eigenvalue weighted by Gasteiger charge is -1.98.